The molecule has 0 radical (unpaired) electrons. The lowest BCUT2D eigenvalue weighted by Crippen LogP contribution is -2.15. The van der Waals surface area contributed by atoms with Crippen LogP contribution in [-0.2, 0) is 6.42 Å². The van der Waals surface area contributed by atoms with E-state index in [9.17, 15) is 0 Å². The Morgan fingerprint density at radius 3 is 2.80 bits per heavy atom. The summed E-state index contributed by atoms with van der Waals surface area (Å²) < 4.78 is 0. The topological polar surface area (TPSA) is 38.4 Å². The number of aliphatic imine (C=N–C) groups is 1. The van der Waals surface area contributed by atoms with Crippen LogP contribution >= 0.6 is 0 Å². The van der Waals surface area contributed by atoms with E-state index in [1.165, 1.54) is 24.8 Å². The summed E-state index contributed by atoms with van der Waals surface area (Å²) in [6.45, 7) is 0. The van der Waals surface area contributed by atoms with E-state index in [-0.39, 0.29) is 0 Å². The average Bonchev–Trinajstić information content (AvgIpc) is 2.44. The third kappa shape index (κ3) is 3.08. The molecule has 1 aromatic carbocycles. The lowest BCUT2D eigenvalue weighted by molar-refractivity contribution is 0.587. The van der Waals surface area contributed by atoms with E-state index >= 15 is 0 Å². The molecule has 0 aliphatic carbocycles. The first-order valence-electron chi connectivity index (χ1n) is 5.70. The lowest BCUT2D eigenvalue weighted by Gasteiger charge is -2.10. The minimum absolute atomic E-state index is 0.398. The van der Waals surface area contributed by atoms with Crippen LogP contribution in [0.15, 0.2) is 35.3 Å². The van der Waals surface area contributed by atoms with E-state index in [2.05, 4.69) is 29.3 Å². The quantitative estimate of drug-likeness (QED) is 0.786. The summed E-state index contributed by atoms with van der Waals surface area (Å²) in [6.07, 6.45) is 5.63. The molecule has 2 nitrogen and oxygen atoms in total. The van der Waals surface area contributed by atoms with E-state index in [0.717, 1.165) is 18.7 Å². The van der Waals surface area contributed by atoms with Crippen molar-refractivity contribution >= 4 is 5.84 Å². The van der Waals surface area contributed by atoms with Crippen molar-refractivity contribution in [3.8, 4) is 0 Å². The van der Waals surface area contributed by atoms with Gasteiger partial charge in [-0.05, 0) is 24.8 Å². The Kier molecular flexibility index (Phi) is 3.38. The fourth-order valence-corrected chi connectivity index (χ4v) is 2.08. The Morgan fingerprint density at radius 2 is 2.00 bits per heavy atom. The third-order valence-corrected chi connectivity index (χ3v) is 2.88. The summed E-state index contributed by atoms with van der Waals surface area (Å²) in [5.41, 5.74) is 7.19. The summed E-state index contributed by atoms with van der Waals surface area (Å²) in [7, 11) is 0. The van der Waals surface area contributed by atoms with Crippen molar-refractivity contribution in [3.05, 3.63) is 35.9 Å². The van der Waals surface area contributed by atoms with Crippen molar-refractivity contribution in [3.63, 3.8) is 0 Å². The first-order valence-corrected chi connectivity index (χ1v) is 5.70. The van der Waals surface area contributed by atoms with Gasteiger partial charge in [-0.2, -0.15) is 0 Å². The first kappa shape index (κ1) is 10.2. The molecule has 2 N–H and O–H groups in total. The largest absolute Gasteiger partial charge is 0.387 e. The number of amidine groups is 1. The standard InChI is InChI=1S/C13H18N2/c14-13-9-5-4-8-12(15-13)10-11-6-2-1-3-7-11/h1-3,6-7,12H,4-5,8-10H2,(H2,14,15). The molecule has 15 heavy (non-hydrogen) atoms. The van der Waals surface area contributed by atoms with Gasteiger partial charge in [-0.25, -0.2) is 0 Å². The molecule has 0 amide bonds. The van der Waals surface area contributed by atoms with Crippen LogP contribution in [0.25, 0.3) is 0 Å². The second-order valence-corrected chi connectivity index (χ2v) is 4.21. The molecule has 0 spiro atoms. The second kappa shape index (κ2) is 4.96. The fourth-order valence-electron chi connectivity index (χ4n) is 2.08. The fraction of sp³-hybridized carbons (Fsp3) is 0.462. The SMILES string of the molecule is NC1=NC(Cc2ccccc2)CCCC1. The Labute approximate surface area is 91.2 Å². The summed E-state index contributed by atoms with van der Waals surface area (Å²) in [6, 6.07) is 10.9. The van der Waals surface area contributed by atoms with E-state index in [0.29, 0.717) is 6.04 Å². The molecule has 1 unspecified atom stereocenters. The van der Waals surface area contributed by atoms with Gasteiger partial charge in [0.05, 0.1) is 11.9 Å². The molecule has 1 atom stereocenters. The normalized spacial score (nSPS) is 21.9. The second-order valence-electron chi connectivity index (χ2n) is 4.21. The third-order valence-electron chi connectivity index (χ3n) is 2.88. The smallest absolute Gasteiger partial charge is 0.0940 e. The summed E-state index contributed by atoms with van der Waals surface area (Å²) in [5, 5.41) is 0. The molecule has 80 valence electrons. The monoisotopic (exact) mass is 202 g/mol. The van der Waals surface area contributed by atoms with Gasteiger partial charge in [-0.15, -0.1) is 0 Å². The molecule has 0 saturated carbocycles. The van der Waals surface area contributed by atoms with E-state index in [1.807, 2.05) is 6.07 Å². The maximum atomic E-state index is 5.83. The predicted molar refractivity (Wildman–Crippen MR) is 64.0 cm³/mol. The maximum absolute atomic E-state index is 5.83. The van der Waals surface area contributed by atoms with Gasteiger partial charge in [-0.3, -0.25) is 4.99 Å². The van der Waals surface area contributed by atoms with Crippen molar-refractivity contribution < 1.29 is 0 Å². The number of hydrogen-bond acceptors (Lipinski definition) is 2. The van der Waals surface area contributed by atoms with Crippen LogP contribution in [0.2, 0.25) is 0 Å². The van der Waals surface area contributed by atoms with Crippen molar-refractivity contribution in [1.82, 2.24) is 0 Å². The highest BCUT2D eigenvalue weighted by molar-refractivity contribution is 5.80. The molecule has 0 aromatic heterocycles. The van der Waals surface area contributed by atoms with Crippen molar-refractivity contribution in [2.24, 2.45) is 10.7 Å². The zero-order valence-electron chi connectivity index (χ0n) is 9.02. The molecule has 1 aliphatic heterocycles. The molecule has 0 saturated heterocycles. The van der Waals surface area contributed by atoms with Crippen LogP contribution in [0, 0.1) is 0 Å². The van der Waals surface area contributed by atoms with Crippen LogP contribution in [0.1, 0.15) is 31.2 Å². The van der Waals surface area contributed by atoms with Gasteiger partial charge in [0.1, 0.15) is 0 Å². The molecular weight excluding hydrogens is 184 g/mol. The molecule has 0 bridgehead atoms. The van der Waals surface area contributed by atoms with Crippen LogP contribution < -0.4 is 5.73 Å². The highest BCUT2D eigenvalue weighted by Gasteiger charge is 2.12. The average molecular weight is 202 g/mol. The Morgan fingerprint density at radius 1 is 1.20 bits per heavy atom. The van der Waals surface area contributed by atoms with Crippen molar-refractivity contribution in [2.45, 2.75) is 38.1 Å². The van der Waals surface area contributed by atoms with Crippen LogP contribution in [0.4, 0.5) is 0 Å². The van der Waals surface area contributed by atoms with E-state index in [1.54, 1.807) is 0 Å². The number of nitrogens with two attached hydrogens (primary N) is 1. The number of nitrogens with zero attached hydrogens (tertiary/aromatic N) is 1. The minimum atomic E-state index is 0.398. The van der Waals surface area contributed by atoms with Gasteiger partial charge < -0.3 is 5.73 Å². The summed E-state index contributed by atoms with van der Waals surface area (Å²) in [4.78, 5) is 4.57. The van der Waals surface area contributed by atoms with Crippen LogP contribution in [0.5, 0.6) is 0 Å². The zero-order valence-corrected chi connectivity index (χ0v) is 9.02. The van der Waals surface area contributed by atoms with Crippen molar-refractivity contribution in [2.75, 3.05) is 0 Å². The molecule has 2 rings (SSSR count). The van der Waals surface area contributed by atoms with Gasteiger partial charge in [0.15, 0.2) is 0 Å². The number of benzene rings is 1. The molecule has 1 aliphatic rings. The highest BCUT2D eigenvalue weighted by Crippen LogP contribution is 2.16. The van der Waals surface area contributed by atoms with E-state index in [4.69, 9.17) is 5.73 Å². The van der Waals surface area contributed by atoms with Crippen LogP contribution in [0.3, 0.4) is 0 Å². The van der Waals surface area contributed by atoms with Gasteiger partial charge in [-0.1, -0.05) is 36.8 Å². The highest BCUT2D eigenvalue weighted by atomic mass is 14.9. The molecule has 0 fully saturated rings. The Bertz CT molecular complexity index is 330. The molecule has 2 heteroatoms. The Balaban J connectivity index is 2.02. The van der Waals surface area contributed by atoms with Gasteiger partial charge in [0.25, 0.3) is 0 Å². The molecule has 1 aromatic rings. The van der Waals surface area contributed by atoms with Crippen molar-refractivity contribution in [1.29, 1.82) is 0 Å². The molecule has 1 heterocycles. The zero-order chi connectivity index (χ0) is 10.5. The number of hydrogen-bond donors (Lipinski definition) is 1. The predicted octanol–water partition coefficient (Wildman–Crippen LogP) is 2.53. The Hall–Kier alpha value is -1.31. The lowest BCUT2D eigenvalue weighted by atomic mass is 10.0. The first-order chi connectivity index (χ1) is 7.34. The summed E-state index contributed by atoms with van der Waals surface area (Å²) >= 11 is 0. The van der Waals surface area contributed by atoms with E-state index < -0.39 is 0 Å². The van der Waals surface area contributed by atoms with Crippen LogP contribution in [-0.4, -0.2) is 11.9 Å². The van der Waals surface area contributed by atoms with Gasteiger partial charge in [0.2, 0.25) is 0 Å². The number of rotatable bonds is 2. The summed E-state index contributed by atoms with van der Waals surface area (Å²) in [5.74, 6) is 0.841. The van der Waals surface area contributed by atoms with Gasteiger partial charge >= 0.3 is 0 Å². The molecular formula is C13H18N2. The minimum Gasteiger partial charge on any atom is -0.387 e. The van der Waals surface area contributed by atoms with Gasteiger partial charge in [0, 0.05) is 6.42 Å². The maximum Gasteiger partial charge on any atom is 0.0940 e.